The molecule has 1 fully saturated rings. The number of urea groups is 1. The highest BCUT2D eigenvalue weighted by atomic mass is 19.1. The summed E-state index contributed by atoms with van der Waals surface area (Å²) in [5.74, 6) is -2.58. The lowest BCUT2D eigenvalue weighted by atomic mass is 10.1. The van der Waals surface area contributed by atoms with Gasteiger partial charge in [0.25, 0.3) is 11.8 Å². The van der Waals surface area contributed by atoms with E-state index in [1.165, 1.54) is 31.4 Å². The molecule has 4 rings (SSSR count). The van der Waals surface area contributed by atoms with Crippen molar-refractivity contribution in [1.29, 1.82) is 0 Å². The van der Waals surface area contributed by atoms with Crippen LogP contribution in [0.1, 0.15) is 21.5 Å². The van der Waals surface area contributed by atoms with E-state index in [9.17, 15) is 23.6 Å². The Kier molecular flexibility index (Phi) is 6.68. The van der Waals surface area contributed by atoms with Crippen LogP contribution in [-0.4, -0.2) is 30.9 Å². The molecule has 35 heavy (non-hydrogen) atoms. The van der Waals surface area contributed by atoms with Gasteiger partial charge < -0.3 is 9.47 Å². The van der Waals surface area contributed by atoms with Crippen molar-refractivity contribution >= 4 is 35.6 Å². The van der Waals surface area contributed by atoms with Crippen LogP contribution in [0.25, 0.3) is 6.08 Å². The number of imide groups is 2. The first kappa shape index (κ1) is 23.4. The summed E-state index contributed by atoms with van der Waals surface area (Å²) < 4.78 is 24.7. The van der Waals surface area contributed by atoms with Gasteiger partial charge >= 0.3 is 12.0 Å². The van der Waals surface area contributed by atoms with Crippen LogP contribution in [-0.2, 0) is 20.9 Å². The predicted octanol–water partition coefficient (Wildman–Crippen LogP) is 3.86. The summed E-state index contributed by atoms with van der Waals surface area (Å²) in [4.78, 5) is 49.7. The van der Waals surface area contributed by atoms with Crippen LogP contribution < -0.4 is 15.0 Å². The number of rotatable bonds is 6. The quantitative estimate of drug-likeness (QED) is 0.331. The molecule has 9 heteroatoms. The number of hydrogen-bond donors (Lipinski definition) is 1. The third-order valence-corrected chi connectivity index (χ3v) is 5.14. The maximum Gasteiger partial charge on any atom is 0.337 e. The molecule has 3 aromatic carbocycles. The number of methoxy groups -OCH3 is 1. The smallest absolute Gasteiger partial charge is 0.337 e. The molecule has 1 aliphatic rings. The Hall–Kier alpha value is -4.79. The molecule has 0 unspecified atom stereocenters. The highest BCUT2D eigenvalue weighted by Crippen LogP contribution is 2.25. The van der Waals surface area contributed by atoms with E-state index in [-0.39, 0.29) is 17.9 Å². The number of ether oxygens (including phenoxy) is 2. The van der Waals surface area contributed by atoms with Gasteiger partial charge in [0, 0.05) is 0 Å². The lowest BCUT2D eigenvalue weighted by Crippen LogP contribution is -2.54. The standard InChI is InChI=1S/C26H19FN2O6/c1-34-25(32)18-11-9-16(10-12-18)15-35-19-6-4-5-17(13-19)14-20-23(30)28-26(33)29(24(20)31)22-8-3-2-7-21(22)27/h2-14H,15H2,1H3,(H,28,30,33). The van der Waals surface area contributed by atoms with E-state index in [2.05, 4.69) is 10.1 Å². The fourth-order valence-electron chi connectivity index (χ4n) is 3.39. The summed E-state index contributed by atoms with van der Waals surface area (Å²) in [6.07, 6.45) is 1.30. The zero-order chi connectivity index (χ0) is 24.9. The largest absolute Gasteiger partial charge is 0.489 e. The second-order valence-corrected chi connectivity index (χ2v) is 7.46. The van der Waals surface area contributed by atoms with E-state index in [0.717, 1.165) is 11.6 Å². The SMILES string of the molecule is COC(=O)c1ccc(COc2cccc(C=C3C(=O)NC(=O)N(c4ccccc4F)C3=O)c2)cc1. The fraction of sp³-hybridized carbons (Fsp3) is 0.0769. The number of nitrogens with zero attached hydrogens (tertiary/aromatic N) is 1. The topological polar surface area (TPSA) is 102 Å². The first-order chi connectivity index (χ1) is 16.9. The van der Waals surface area contributed by atoms with Gasteiger partial charge in [0.1, 0.15) is 23.7 Å². The van der Waals surface area contributed by atoms with Crippen molar-refractivity contribution in [3.05, 3.63) is 101 Å². The normalized spacial score (nSPS) is 14.6. The Morgan fingerprint density at radius 1 is 1.00 bits per heavy atom. The summed E-state index contributed by atoms with van der Waals surface area (Å²) in [5.41, 5.74) is 1.10. The number of para-hydroxylation sites is 1. The van der Waals surface area contributed by atoms with E-state index < -0.39 is 29.6 Å². The van der Waals surface area contributed by atoms with Crippen molar-refractivity contribution in [2.24, 2.45) is 0 Å². The van der Waals surface area contributed by atoms with Gasteiger partial charge in [-0.25, -0.2) is 18.9 Å². The number of hydrogen-bond acceptors (Lipinski definition) is 6. The molecular weight excluding hydrogens is 455 g/mol. The third-order valence-electron chi connectivity index (χ3n) is 5.14. The van der Waals surface area contributed by atoms with Crippen molar-refractivity contribution in [1.82, 2.24) is 5.32 Å². The number of amides is 4. The molecule has 1 N–H and O–H groups in total. The van der Waals surface area contributed by atoms with Crippen LogP contribution >= 0.6 is 0 Å². The molecular formula is C26H19FN2O6. The number of anilines is 1. The third kappa shape index (κ3) is 5.09. The summed E-state index contributed by atoms with van der Waals surface area (Å²) >= 11 is 0. The van der Waals surface area contributed by atoms with Crippen LogP contribution in [0, 0.1) is 5.82 Å². The maximum atomic E-state index is 14.2. The molecule has 0 aromatic heterocycles. The minimum atomic E-state index is -1.03. The summed E-state index contributed by atoms with van der Waals surface area (Å²) in [5, 5.41) is 2.06. The Bertz CT molecular complexity index is 1350. The van der Waals surface area contributed by atoms with E-state index >= 15 is 0 Å². The monoisotopic (exact) mass is 474 g/mol. The highest BCUT2D eigenvalue weighted by molar-refractivity contribution is 6.39. The predicted molar refractivity (Wildman–Crippen MR) is 124 cm³/mol. The van der Waals surface area contributed by atoms with E-state index in [1.807, 2.05) is 0 Å². The number of carbonyl (C=O) groups is 4. The number of esters is 1. The number of carbonyl (C=O) groups excluding carboxylic acids is 4. The lowest BCUT2D eigenvalue weighted by molar-refractivity contribution is -0.122. The zero-order valence-electron chi connectivity index (χ0n) is 18.5. The van der Waals surface area contributed by atoms with Gasteiger partial charge in [-0.05, 0) is 53.6 Å². The Labute approximate surface area is 199 Å². The van der Waals surface area contributed by atoms with E-state index in [0.29, 0.717) is 21.8 Å². The van der Waals surface area contributed by atoms with Crippen molar-refractivity contribution in [3.8, 4) is 5.75 Å². The van der Waals surface area contributed by atoms with Crippen LogP contribution in [0.5, 0.6) is 5.75 Å². The Morgan fingerprint density at radius 2 is 1.74 bits per heavy atom. The molecule has 0 bridgehead atoms. The number of benzene rings is 3. The number of nitrogens with one attached hydrogen (secondary N) is 1. The van der Waals surface area contributed by atoms with Crippen LogP contribution in [0.3, 0.4) is 0 Å². The molecule has 1 saturated heterocycles. The van der Waals surface area contributed by atoms with E-state index in [1.54, 1.807) is 48.5 Å². The number of halogens is 1. The first-order valence-corrected chi connectivity index (χ1v) is 10.4. The number of barbiturate groups is 1. The van der Waals surface area contributed by atoms with Crippen LogP contribution in [0.4, 0.5) is 14.9 Å². The molecule has 3 aromatic rings. The van der Waals surface area contributed by atoms with Crippen molar-refractivity contribution in [3.63, 3.8) is 0 Å². The van der Waals surface area contributed by atoms with E-state index in [4.69, 9.17) is 4.74 Å². The van der Waals surface area contributed by atoms with Gasteiger partial charge in [-0.1, -0.05) is 36.4 Å². The van der Waals surface area contributed by atoms with Gasteiger partial charge in [-0.2, -0.15) is 0 Å². The molecule has 0 atom stereocenters. The van der Waals surface area contributed by atoms with Gasteiger partial charge in [0.2, 0.25) is 0 Å². The molecule has 1 aliphatic heterocycles. The summed E-state index contributed by atoms with van der Waals surface area (Å²) in [6.45, 7) is 0.205. The second kappa shape index (κ2) is 10.0. The van der Waals surface area contributed by atoms with Gasteiger partial charge in [0.15, 0.2) is 0 Å². The molecule has 0 saturated carbocycles. The molecule has 4 amide bonds. The molecule has 1 heterocycles. The second-order valence-electron chi connectivity index (χ2n) is 7.46. The van der Waals surface area contributed by atoms with Crippen LogP contribution in [0.2, 0.25) is 0 Å². The summed E-state index contributed by atoms with van der Waals surface area (Å²) in [6, 6.07) is 17.6. The molecule has 8 nitrogen and oxygen atoms in total. The zero-order valence-corrected chi connectivity index (χ0v) is 18.5. The van der Waals surface area contributed by atoms with Gasteiger partial charge in [-0.15, -0.1) is 0 Å². The van der Waals surface area contributed by atoms with Crippen molar-refractivity contribution in [2.45, 2.75) is 6.61 Å². The highest BCUT2D eigenvalue weighted by Gasteiger charge is 2.37. The molecule has 0 aliphatic carbocycles. The minimum absolute atomic E-state index is 0.205. The summed E-state index contributed by atoms with van der Waals surface area (Å²) in [7, 11) is 1.31. The molecule has 0 radical (unpaired) electrons. The maximum absolute atomic E-state index is 14.2. The molecule has 0 spiro atoms. The van der Waals surface area contributed by atoms with Gasteiger partial charge in [0.05, 0.1) is 18.4 Å². The lowest BCUT2D eigenvalue weighted by Gasteiger charge is -2.26. The Morgan fingerprint density at radius 3 is 2.46 bits per heavy atom. The van der Waals surface area contributed by atoms with Crippen molar-refractivity contribution < 1.29 is 33.0 Å². The minimum Gasteiger partial charge on any atom is -0.489 e. The van der Waals surface area contributed by atoms with Crippen molar-refractivity contribution in [2.75, 3.05) is 12.0 Å². The fourth-order valence-corrected chi connectivity index (χ4v) is 3.39. The average Bonchev–Trinajstić information content (AvgIpc) is 2.86. The van der Waals surface area contributed by atoms with Gasteiger partial charge in [-0.3, -0.25) is 14.9 Å². The first-order valence-electron chi connectivity index (χ1n) is 10.4. The average molecular weight is 474 g/mol. The Balaban J connectivity index is 1.53. The molecule has 176 valence electrons. The van der Waals surface area contributed by atoms with Crippen LogP contribution in [0.15, 0.2) is 78.4 Å².